The molecule has 0 spiro atoms. The maximum absolute atomic E-state index is 5.25. The molecule has 0 aliphatic carbocycles. The molecular weight excluding hydrogens is 282 g/mol. The van der Waals surface area contributed by atoms with Crippen molar-refractivity contribution in [3.05, 3.63) is 0 Å². The average molecular weight is 300 g/mol. The summed E-state index contributed by atoms with van der Waals surface area (Å²) in [6.07, 6.45) is 5.32. The molecule has 1 nitrogen and oxygen atoms in total. The Hall–Kier alpha value is 0.928. The van der Waals surface area contributed by atoms with Crippen LogP contribution in [-0.2, 0) is 20.1 Å². The van der Waals surface area contributed by atoms with Crippen LogP contribution in [0.3, 0.4) is 0 Å². The maximum atomic E-state index is 5.25. The van der Waals surface area contributed by atoms with Gasteiger partial charge in [-0.05, 0) is 0 Å². The third-order valence-corrected chi connectivity index (χ3v) is 4.95. The van der Waals surface area contributed by atoms with E-state index in [1.54, 1.807) is 0 Å². The van der Waals surface area contributed by atoms with E-state index in [4.69, 9.17) is 12.2 Å². The summed E-state index contributed by atoms with van der Waals surface area (Å²) in [7, 11) is 0. The molecule has 0 aromatic rings. The molecule has 0 saturated heterocycles. The molecular formula is C9H18MoNS2. The van der Waals surface area contributed by atoms with Crippen molar-refractivity contribution < 1.29 is 20.1 Å². The quantitative estimate of drug-likeness (QED) is 0.421. The first-order chi connectivity index (χ1) is 6.22. The summed E-state index contributed by atoms with van der Waals surface area (Å²) in [4.78, 5) is 0. The molecule has 0 aliphatic rings. The van der Waals surface area contributed by atoms with Gasteiger partial charge in [0.2, 0.25) is 0 Å². The molecule has 0 atom stereocenters. The van der Waals surface area contributed by atoms with Crippen molar-refractivity contribution in [2.45, 2.75) is 39.5 Å². The molecule has 0 bridgehead atoms. The van der Waals surface area contributed by atoms with E-state index in [9.17, 15) is 0 Å². The van der Waals surface area contributed by atoms with Gasteiger partial charge in [0.05, 0.1) is 0 Å². The van der Waals surface area contributed by atoms with E-state index in [0.717, 1.165) is 10.9 Å². The van der Waals surface area contributed by atoms with Crippen molar-refractivity contribution in [1.82, 2.24) is 3.46 Å². The van der Waals surface area contributed by atoms with Gasteiger partial charge in [0, 0.05) is 0 Å². The van der Waals surface area contributed by atoms with E-state index in [1.807, 2.05) is 31.8 Å². The van der Waals surface area contributed by atoms with Crippen LogP contribution in [0.2, 0.25) is 0 Å². The molecule has 0 saturated carbocycles. The predicted octanol–water partition coefficient (Wildman–Crippen LogP) is 3.37. The Kier molecular flexibility index (Phi) is 10.2. The molecule has 0 unspecified atom stereocenters. The number of nitrogens with zero attached hydrogens (tertiary/aromatic N) is 1. The first-order valence-corrected chi connectivity index (χ1v) is 7.12. The minimum atomic E-state index is 1.02. The Morgan fingerprint density at radius 3 is 2.54 bits per heavy atom. The van der Waals surface area contributed by atoms with Gasteiger partial charge in [-0.1, -0.05) is 0 Å². The van der Waals surface area contributed by atoms with Gasteiger partial charge in [0.25, 0.3) is 0 Å². The van der Waals surface area contributed by atoms with E-state index >= 15 is 0 Å². The predicted molar refractivity (Wildman–Crippen MR) is 61.6 cm³/mol. The number of rotatable bonds is 6. The molecule has 0 fully saturated rings. The summed E-state index contributed by atoms with van der Waals surface area (Å²) in [5.74, 6) is 1.19. The van der Waals surface area contributed by atoms with E-state index in [0.29, 0.717) is 0 Å². The van der Waals surface area contributed by atoms with Crippen LogP contribution in [0, 0.1) is 0 Å². The first-order valence-electron chi connectivity index (χ1n) is 4.83. The topological polar surface area (TPSA) is 3.24 Å². The van der Waals surface area contributed by atoms with E-state index in [-0.39, 0.29) is 0 Å². The Bertz CT molecular complexity index is 142. The zero-order valence-corrected chi connectivity index (χ0v) is 12.1. The second-order valence-electron chi connectivity index (χ2n) is 2.87. The molecule has 0 heterocycles. The second-order valence-corrected chi connectivity index (χ2v) is 5.68. The summed E-state index contributed by atoms with van der Waals surface area (Å²) in [5, 5.41) is 0. The summed E-state index contributed by atoms with van der Waals surface area (Å²) in [6.45, 7) is 5.39. The molecule has 0 N–H and O–H groups in total. The van der Waals surface area contributed by atoms with Crippen LogP contribution in [0.1, 0.15) is 39.5 Å². The first kappa shape index (κ1) is 13.9. The van der Waals surface area contributed by atoms with Crippen molar-refractivity contribution in [3.8, 4) is 0 Å². The van der Waals surface area contributed by atoms with Gasteiger partial charge in [-0.3, -0.25) is 0 Å². The van der Waals surface area contributed by atoms with Gasteiger partial charge >= 0.3 is 104 Å². The molecule has 0 aromatic heterocycles. The van der Waals surface area contributed by atoms with Crippen LogP contribution in [0.25, 0.3) is 0 Å². The molecule has 0 aromatic carbocycles. The van der Waals surface area contributed by atoms with Crippen molar-refractivity contribution in [1.29, 1.82) is 0 Å². The van der Waals surface area contributed by atoms with Crippen molar-refractivity contribution in [2.75, 3.05) is 12.3 Å². The molecule has 4 heteroatoms. The summed E-state index contributed by atoms with van der Waals surface area (Å²) < 4.78 is 3.18. The second kappa shape index (κ2) is 9.48. The average Bonchev–Trinajstić information content (AvgIpc) is 2.16. The van der Waals surface area contributed by atoms with Crippen molar-refractivity contribution in [3.63, 3.8) is 0 Å². The summed E-state index contributed by atoms with van der Waals surface area (Å²) >= 11 is 9.05. The van der Waals surface area contributed by atoms with Crippen molar-refractivity contribution >= 4 is 28.3 Å². The van der Waals surface area contributed by atoms with Crippen LogP contribution in [0.4, 0.5) is 0 Å². The van der Waals surface area contributed by atoms with E-state index in [1.165, 1.54) is 31.4 Å². The normalized spacial score (nSPS) is 10.0. The minimum absolute atomic E-state index is 1.02. The molecule has 13 heavy (non-hydrogen) atoms. The zero-order valence-electron chi connectivity index (χ0n) is 8.41. The van der Waals surface area contributed by atoms with Crippen LogP contribution in [0.5, 0.6) is 0 Å². The number of hydrogen-bond acceptors (Lipinski definition) is 2. The monoisotopic (exact) mass is 302 g/mol. The fraction of sp³-hybridized carbons (Fsp3) is 0.889. The standard InChI is InChI=1S/C9H19NS2.Mo/c1-3-5-6-7-8-12-9(11)10-4-2;/h3-8H2,1-2H3,(H,10,11);/q;+1/p-1. The number of hydrogen-bond donors (Lipinski definition) is 0. The van der Waals surface area contributed by atoms with E-state index in [2.05, 4.69) is 17.3 Å². The molecule has 0 rings (SSSR count). The number of unbranched alkanes of at least 4 members (excludes halogenated alkanes) is 3. The van der Waals surface area contributed by atoms with Crippen LogP contribution < -0.4 is 0 Å². The van der Waals surface area contributed by atoms with Gasteiger partial charge < -0.3 is 0 Å². The van der Waals surface area contributed by atoms with Gasteiger partial charge in [0.1, 0.15) is 0 Å². The molecule has 0 radical (unpaired) electrons. The Morgan fingerprint density at radius 1 is 1.31 bits per heavy atom. The number of thiocarbonyl (C=S) groups is 1. The van der Waals surface area contributed by atoms with Gasteiger partial charge in [-0.25, -0.2) is 0 Å². The third-order valence-electron chi connectivity index (χ3n) is 1.71. The van der Waals surface area contributed by atoms with Crippen LogP contribution >= 0.6 is 24.0 Å². The number of thioether (sulfide) groups is 1. The third kappa shape index (κ3) is 7.96. The molecule has 77 valence electrons. The SMILES string of the molecule is CCCCCCSC(=S)[N]([Mo])CC. The molecule has 0 aliphatic heterocycles. The van der Waals surface area contributed by atoms with Gasteiger partial charge in [-0.15, -0.1) is 0 Å². The van der Waals surface area contributed by atoms with Gasteiger partial charge in [-0.2, -0.15) is 0 Å². The zero-order chi connectivity index (χ0) is 10.1. The fourth-order valence-corrected chi connectivity index (χ4v) is 2.45. The van der Waals surface area contributed by atoms with E-state index < -0.39 is 0 Å². The van der Waals surface area contributed by atoms with Crippen molar-refractivity contribution in [2.24, 2.45) is 0 Å². The van der Waals surface area contributed by atoms with Crippen LogP contribution in [0.15, 0.2) is 0 Å². The Labute approximate surface area is 103 Å². The van der Waals surface area contributed by atoms with Crippen LogP contribution in [-0.4, -0.2) is 20.1 Å². The molecule has 0 amide bonds. The Balaban J connectivity index is 3.27. The fourth-order valence-electron chi connectivity index (χ4n) is 0.889. The summed E-state index contributed by atoms with van der Waals surface area (Å²) in [5.41, 5.74) is 0. The Morgan fingerprint density at radius 2 is 2.00 bits per heavy atom. The summed E-state index contributed by atoms with van der Waals surface area (Å²) in [6, 6.07) is 0. The van der Waals surface area contributed by atoms with Gasteiger partial charge in [0.15, 0.2) is 0 Å².